The van der Waals surface area contributed by atoms with Crippen molar-refractivity contribution >= 4 is 5.91 Å². The van der Waals surface area contributed by atoms with E-state index < -0.39 is 18.6 Å². The lowest BCUT2D eigenvalue weighted by molar-refractivity contribution is -0.140. The normalized spacial score (nSPS) is 15.7. The SMILES string of the molecule is CCN(CC(F)(F)F)C(=O)c1cncc(-c2cn(CC3CCOCC3)c(C(C)(C)C)n2)n1. The second-order valence-corrected chi connectivity index (χ2v) is 9.13. The third-order valence-electron chi connectivity index (χ3n) is 5.40. The molecule has 1 saturated heterocycles. The molecule has 2 aromatic rings. The van der Waals surface area contributed by atoms with Crippen molar-refractivity contribution in [3.63, 3.8) is 0 Å². The summed E-state index contributed by atoms with van der Waals surface area (Å²) in [6, 6.07) is 0. The van der Waals surface area contributed by atoms with Gasteiger partial charge in [-0.3, -0.25) is 9.78 Å². The summed E-state index contributed by atoms with van der Waals surface area (Å²) in [5.74, 6) is 0.549. The van der Waals surface area contributed by atoms with Gasteiger partial charge in [0.05, 0.1) is 12.4 Å². The van der Waals surface area contributed by atoms with Crippen LogP contribution in [-0.4, -0.2) is 62.8 Å². The summed E-state index contributed by atoms with van der Waals surface area (Å²) >= 11 is 0. The highest BCUT2D eigenvalue weighted by Crippen LogP contribution is 2.28. The molecular formula is C22H30F3N5O2. The van der Waals surface area contributed by atoms with E-state index in [4.69, 9.17) is 9.72 Å². The second-order valence-electron chi connectivity index (χ2n) is 9.13. The smallest absolute Gasteiger partial charge is 0.381 e. The minimum absolute atomic E-state index is 0.0852. The molecule has 0 radical (unpaired) electrons. The molecule has 0 aromatic carbocycles. The van der Waals surface area contributed by atoms with E-state index in [0.717, 1.165) is 38.4 Å². The van der Waals surface area contributed by atoms with Crippen LogP contribution in [-0.2, 0) is 16.7 Å². The van der Waals surface area contributed by atoms with Gasteiger partial charge in [0.2, 0.25) is 0 Å². The summed E-state index contributed by atoms with van der Waals surface area (Å²) < 4.78 is 46.0. The Balaban J connectivity index is 1.90. The van der Waals surface area contributed by atoms with Gasteiger partial charge in [-0.15, -0.1) is 0 Å². The van der Waals surface area contributed by atoms with Gasteiger partial charge in [0.1, 0.15) is 29.5 Å². The first-order chi connectivity index (χ1) is 15.0. The quantitative estimate of drug-likeness (QED) is 0.659. The van der Waals surface area contributed by atoms with Crippen LogP contribution in [0.25, 0.3) is 11.4 Å². The highest BCUT2D eigenvalue weighted by Gasteiger charge is 2.33. The van der Waals surface area contributed by atoms with Crippen molar-refractivity contribution in [1.82, 2.24) is 24.4 Å². The number of imidazole rings is 1. The Labute approximate surface area is 186 Å². The molecule has 1 fully saturated rings. The molecule has 0 N–H and O–H groups in total. The predicted octanol–water partition coefficient (Wildman–Crippen LogP) is 4.09. The van der Waals surface area contributed by atoms with Crippen molar-refractivity contribution in [3.05, 3.63) is 30.1 Å². The highest BCUT2D eigenvalue weighted by atomic mass is 19.4. The van der Waals surface area contributed by atoms with E-state index in [0.29, 0.717) is 22.2 Å². The predicted molar refractivity (Wildman–Crippen MR) is 113 cm³/mol. The first-order valence-electron chi connectivity index (χ1n) is 10.8. The third-order valence-corrected chi connectivity index (χ3v) is 5.40. The fourth-order valence-electron chi connectivity index (χ4n) is 3.78. The standard InChI is InChI=1S/C22H30F3N5O2/c1-5-29(14-22(23,24)25)19(31)17-11-26-10-16(27-17)18-13-30(20(28-18)21(2,3)4)12-15-6-8-32-9-7-15/h10-11,13,15H,5-9,12,14H2,1-4H3. The summed E-state index contributed by atoms with van der Waals surface area (Å²) in [4.78, 5) is 26.5. The van der Waals surface area contributed by atoms with Gasteiger partial charge >= 0.3 is 6.18 Å². The van der Waals surface area contributed by atoms with Crippen LogP contribution < -0.4 is 0 Å². The van der Waals surface area contributed by atoms with E-state index in [9.17, 15) is 18.0 Å². The molecule has 1 amide bonds. The zero-order chi connectivity index (χ0) is 23.5. The average Bonchev–Trinajstić information content (AvgIpc) is 3.16. The number of amides is 1. The van der Waals surface area contributed by atoms with Gasteiger partial charge in [0, 0.05) is 37.9 Å². The van der Waals surface area contributed by atoms with E-state index in [1.54, 1.807) is 0 Å². The molecule has 7 nitrogen and oxygen atoms in total. The van der Waals surface area contributed by atoms with E-state index in [2.05, 4.69) is 35.3 Å². The molecule has 0 spiro atoms. The molecule has 0 atom stereocenters. The monoisotopic (exact) mass is 453 g/mol. The Bertz CT molecular complexity index is 930. The largest absolute Gasteiger partial charge is 0.406 e. The molecule has 1 aliphatic rings. The average molecular weight is 454 g/mol. The number of hydrogen-bond donors (Lipinski definition) is 0. The maximum Gasteiger partial charge on any atom is 0.406 e. The molecule has 2 aromatic heterocycles. The number of aromatic nitrogens is 4. The minimum atomic E-state index is -4.48. The minimum Gasteiger partial charge on any atom is -0.381 e. The van der Waals surface area contributed by atoms with Gasteiger partial charge in [0.25, 0.3) is 5.91 Å². The van der Waals surface area contributed by atoms with Gasteiger partial charge < -0.3 is 14.2 Å². The van der Waals surface area contributed by atoms with E-state index in [-0.39, 0.29) is 17.7 Å². The van der Waals surface area contributed by atoms with Crippen LogP contribution in [0.4, 0.5) is 13.2 Å². The summed E-state index contributed by atoms with van der Waals surface area (Å²) in [5.41, 5.74) is 0.540. The van der Waals surface area contributed by atoms with Gasteiger partial charge in [-0.2, -0.15) is 13.2 Å². The van der Waals surface area contributed by atoms with Crippen LogP contribution in [0.3, 0.4) is 0 Å². The first kappa shape index (κ1) is 24.2. The highest BCUT2D eigenvalue weighted by molar-refractivity contribution is 5.92. The summed E-state index contributed by atoms with van der Waals surface area (Å²) in [5, 5.41) is 0. The number of alkyl halides is 3. The van der Waals surface area contributed by atoms with E-state index in [1.807, 2.05) is 6.20 Å². The number of hydrogen-bond acceptors (Lipinski definition) is 5. The van der Waals surface area contributed by atoms with Crippen molar-refractivity contribution in [2.75, 3.05) is 26.3 Å². The zero-order valence-corrected chi connectivity index (χ0v) is 18.9. The lowest BCUT2D eigenvalue weighted by Gasteiger charge is -2.25. The van der Waals surface area contributed by atoms with E-state index in [1.165, 1.54) is 19.3 Å². The second kappa shape index (κ2) is 9.56. The topological polar surface area (TPSA) is 73.1 Å². The van der Waals surface area contributed by atoms with Gasteiger partial charge in [-0.1, -0.05) is 20.8 Å². The molecule has 0 bridgehead atoms. The fourth-order valence-corrected chi connectivity index (χ4v) is 3.78. The lowest BCUT2D eigenvalue weighted by Crippen LogP contribution is -2.39. The summed E-state index contributed by atoms with van der Waals surface area (Å²) in [6.07, 6.45) is 2.03. The molecule has 32 heavy (non-hydrogen) atoms. The Morgan fingerprint density at radius 2 is 1.84 bits per heavy atom. The maximum absolute atomic E-state index is 12.8. The van der Waals surface area contributed by atoms with Gasteiger partial charge in [-0.25, -0.2) is 9.97 Å². The molecule has 3 rings (SSSR count). The molecule has 10 heteroatoms. The van der Waals surface area contributed by atoms with Crippen molar-refractivity contribution < 1.29 is 22.7 Å². The van der Waals surface area contributed by atoms with Crippen LogP contribution in [0.2, 0.25) is 0 Å². The molecular weight excluding hydrogens is 423 g/mol. The van der Waals surface area contributed by atoms with E-state index >= 15 is 0 Å². The van der Waals surface area contributed by atoms with Crippen molar-refractivity contribution in [2.24, 2.45) is 5.92 Å². The molecule has 0 saturated carbocycles. The zero-order valence-electron chi connectivity index (χ0n) is 18.9. The van der Waals surface area contributed by atoms with Crippen LogP contribution >= 0.6 is 0 Å². The third kappa shape index (κ3) is 6.05. The first-order valence-corrected chi connectivity index (χ1v) is 10.8. The number of rotatable bonds is 6. The van der Waals surface area contributed by atoms with Crippen LogP contribution in [0, 0.1) is 5.92 Å². The van der Waals surface area contributed by atoms with Crippen molar-refractivity contribution in [3.8, 4) is 11.4 Å². The van der Waals surface area contributed by atoms with Crippen molar-refractivity contribution in [2.45, 2.75) is 58.7 Å². The molecule has 0 unspecified atom stereocenters. The van der Waals surface area contributed by atoms with Crippen LogP contribution in [0.15, 0.2) is 18.6 Å². The lowest BCUT2D eigenvalue weighted by atomic mass is 9.94. The molecule has 176 valence electrons. The Morgan fingerprint density at radius 1 is 1.16 bits per heavy atom. The van der Waals surface area contributed by atoms with Gasteiger partial charge in [-0.05, 0) is 25.7 Å². The summed E-state index contributed by atoms with van der Waals surface area (Å²) in [7, 11) is 0. The fraction of sp³-hybridized carbons (Fsp3) is 0.636. The Hall–Kier alpha value is -2.49. The number of halogens is 3. The van der Waals surface area contributed by atoms with Crippen molar-refractivity contribution in [1.29, 1.82) is 0 Å². The van der Waals surface area contributed by atoms with Crippen LogP contribution in [0.1, 0.15) is 56.8 Å². The number of nitrogens with zero attached hydrogens (tertiary/aromatic N) is 5. The molecule has 1 aliphatic heterocycles. The van der Waals surface area contributed by atoms with Gasteiger partial charge in [0.15, 0.2) is 0 Å². The number of carbonyl (C=O) groups excluding carboxylic acids is 1. The van der Waals surface area contributed by atoms with Crippen LogP contribution in [0.5, 0.6) is 0 Å². The maximum atomic E-state index is 12.8. The molecule has 0 aliphatic carbocycles. The summed E-state index contributed by atoms with van der Waals surface area (Å²) in [6.45, 7) is 8.58. The Morgan fingerprint density at radius 3 is 2.44 bits per heavy atom. The number of carbonyl (C=O) groups is 1. The Kier molecular flexibility index (Phi) is 7.22. The molecule has 3 heterocycles. The number of ether oxygens (including phenoxy) is 1.